The van der Waals surface area contributed by atoms with Crippen LogP contribution in [0.15, 0.2) is 29.0 Å². The van der Waals surface area contributed by atoms with Crippen LogP contribution in [0.4, 0.5) is 5.69 Å². The molecule has 2 aromatic heterocycles. The molecule has 1 saturated heterocycles. The highest BCUT2D eigenvalue weighted by atomic mass is 79.9. The zero-order chi connectivity index (χ0) is 13.9. The molecule has 0 aliphatic carbocycles. The fourth-order valence-corrected chi connectivity index (χ4v) is 3.09. The predicted octanol–water partition coefficient (Wildman–Crippen LogP) is 2.92. The van der Waals surface area contributed by atoms with Crippen LogP contribution in [0.5, 0.6) is 0 Å². The van der Waals surface area contributed by atoms with E-state index in [1.165, 1.54) is 18.7 Å². The Morgan fingerprint density at radius 2 is 2.00 bits per heavy atom. The van der Waals surface area contributed by atoms with E-state index in [2.05, 4.69) is 48.7 Å². The van der Waals surface area contributed by atoms with Gasteiger partial charge in [-0.15, -0.1) is 0 Å². The van der Waals surface area contributed by atoms with Crippen LogP contribution in [0.2, 0.25) is 0 Å². The maximum atomic E-state index is 4.55. The minimum absolute atomic E-state index is 0.952. The van der Waals surface area contributed by atoms with Gasteiger partial charge >= 0.3 is 0 Å². The first-order valence-corrected chi connectivity index (χ1v) is 7.95. The highest BCUT2D eigenvalue weighted by Crippen LogP contribution is 2.26. The number of fused-ring (bicyclic) bond motifs is 1. The summed E-state index contributed by atoms with van der Waals surface area (Å²) < 4.78 is 0.974. The third-order valence-electron chi connectivity index (χ3n) is 3.78. The fourth-order valence-electron chi connectivity index (χ4n) is 2.78. The second-order valence-electron chi connectivity index (χ2n) is 5.18. The first-order valence-electron chi connectivity index (χ1n) is 7.15. The summed E-state index contributed by atoms with van der Waals surface area (Å²) in [5, 5.41) is 0. The van der Waals surface area contributed by atoms with Crippen molar-refractivity contribution in [1.29, 1.82) is 0 Å². The molecule has 0 radical (unpaired) electrons. The predicted molar refractivity (Wildman–Crippen MR) is 86.2 cm³/mol. The molecule has 3 heterocycles. The summed E-state index contributed by atoms with van der Waals surface area (Å²) in [7, 11) is 0. The smallest absolute Gasteiger partial charge is 0.112 e. The molecule has 106 valence electrons. The van der Waals surface area contributed by atoms with Crippen LogP contribution in [0.1, 0.15) is 13.3 Å². The molecule has 0 amide bonds. The zero-order valence-electron chi connectivity index (χ0n) is 11.7. The molecule has 4 nitrogen and oxygen atoms in total. The number of nitrogens with zero attached hydrogens (tertiary/aromatic N) is 4. The van der Waals surface area contributed by atoms with E-state index >= 15 is 0 Å². The van der Waals surface area contributed by atoms with Crippen LogP contribution in [-0.4, -0.2) is 47.6 Å². The van der Waals surface area contributed by atoms with Crippen molar-refractivity contribution in [3.63, 3.8) is 0 Å². The molecule has 5 heteroatoms. The van der Waals surface area contributed by atoms with Gasteiger partial charge in [0.15, 0.2) is 0 Å². The summed E-state index contributed by atoms with van der Waals surface area (Å²) in [6.45, 7) is 7.84. The summed E-state index contributed by atoms with van der Waals surface area (Å²) in [5.41, 5.74) is 3.16. The molecule has 0 unspecified atom stereocenters. The number of hydrogen-bond donors (Lipinski definition) is 0. The third-order valence-corrected chi connectivity index (χ3v) is 4.21. The normalized spacial score (nSPS) is 16.8. The standard InChI is InChI=1S/C15H19BrN4/c1-2-5-19-6-8-20(9-7-19)14-3-4-17-13-10-12(16)11-18-15(13)14/h3-4,10-11H,2,5-9H2,1H3. The van der Waals surface area contributed by atoms with Gasteiger partial charge in [-0.05, 0) is 41.0 Å². The molecule has 1 aliphatic rings. The van der Waals surface area contributed by atoms with E-state index in [0.29, 0.717) is 0 Å². The van der Waals surface area contributed by atoms with Crippen molar-refractivity contribution in [2.45, 2.75) is 13.3 Å². The van der Waals surface area contributed by atoms with Gasteiger partial charge in [-0.3, -0.25) is 14.9 Å². The van der Waals surface area contributed by atoms with Crippen molar-refractivity contribution in [2.75, 3.05) is 37.6 Å². The molecule has 3 rings (SSSR count). The van der Waals surface area contributed by atoms with E-state index in [1.807, 2.05) is 18.5 Å². The molecule has 1 fully saturated rings. The van der Waals surface area contributed by atoms with Crippen LogP contribution >= 0.6 is 15.9 Å². The molecule has 0 bridgehead atoms. The Kier molecular flexibility index (Phi) is 4.17. The topological polar surface area (TPSA) is 32.3 Å². The van der Waals surface area contributed by atoms with Gasteiger partial charge in [0.2, 0.25) is 0 Å². The molecule has 0 N–H and O–H groups in total. The lowest BCUT2D eigenvalue weighted by Crippen LogP contribution is -2.46. The van der Waals surface area contributed by atoms with Crippen LogP contribution in [0, 0.1) is 0 Å². The Labute approximate surface area is 127 Å². The number of piperazine rings is 1. The van der Waals surface area contributed by atoms with Gasteiger partial charge in [0, 0.05) is 43.0 Å². The molecule has 0 aromatic carbocycles. The monoisotopic (exact) mass is 334 g/mol. The van der Waals surface area contributed by atoms with E-state index < -0.39 is 0 Å². The fraction of sp³-hybridized carbons (Fsp3) is 0.467. The molecule has 0 spiro atoms. The Hall–Kier alpha value is -1.20. The van der Waals surface area contributed by atoms with Crippen LogP contribution in [0.25, 0.3) is 11.0 Å². The number of halogens is 1. The maximum Gasteiger partial charge on any atom is 0.112 e. The molecule has 0 atom stereocenters. The van der Waals surface area contributed by atoms with Gasteiger partial charge in [-0.2, -0.15) is 0 Å². The minimum Gasteiger partial charge on any atom is -0.367 e. The maximum absolute atomic E-state index is 4.55. The van der Waals surface area contributed by atoms with Gasteiger partial charge in [0.25, 0.3) is 0 Å². The molecular formula is C15H19BrN4. The zero-order valence-corrected chi connectivity index (χ0v) is 13.3. The van der Waals surface area contributed by atoms with E-state index in [9.17, 15) is 0 Å². The SMILES string of the molecule is CCCN1CCN(c2ccnc3cc(Br)cnc23)CC1. The summed E-state index contributed by atoms with van der Waals surface area (Å²) in [5.74, 6) is 0. The highest BCUT2D eigenvalue weighted by molar-refractivity contribution is 9.10. The number of anilines is 1. The van der Waals surface area contributed by atoms with Crippen LogP contribution in [0.3, 0.4) is 0 Å². The Morgan fingerprint density at radius 1 is 1.20 bits per heavy atom. The average molecular weight is 335 g/mol. The first kappa shape index (κ1) is 13.8. The van der Waals surface area contributed by atoms with E-state index in [-0.39, 0.29) is 0 Å². The molecule has 0 saturated carbocycles. The summed E-state index contributed by atoms with van der Waals surface area (Å²) in [4.78, 5) is 13.9. The van der Waals surface area contributed by atoms with Crippen molar-refractivity contribution < 1.29 is 0 Å². The quantitative estimate of drug-likeness (QED) is 0.863. The largest absolute Gasteiger partial charge is 0.367 e. The van der Waals surface area contributed by atoms with Crippen LogP contribution < -0.4 is 4.90 Å². The van der Waals surface area contributed by atoms with E-state index in [0.717, 1.165) is 41.7 Å². The van der Waals surface area contributed by atoms with Gasteiger partial charge in [-0.1, -0.05) is 6.92 Å². The number of aromatic nitrogens is 2. The Morgan fingerprint density at radius 3 is 2.75 bits per heavy atom. The molecule has 20 heavy (non-hydrogen) atoms. The number of rotatable bonds is 3. The first-order chi connectivity index (χ1) is 9.78. The van der Waals surface area contributed by atoms with Crippen molar-refractivity contribution in [3.05, 3.63) is 29.0 Å². The Bertz CT molecular complexity index is 593. The van der Waals surface area contributed by atoms with Crippen LogP contribution in [-0.2, 0) is 0 Å². The molecule has 1 aliphatic heterocycles. The number of hydrogen-bond acceptors (Lipinski definition) is 4. The average Bonchev–Trinajstić information content (AvgIpc) is 2.47. The summed E-state index contributed by atoms with van der Waals surface area (Å²) in [6.07, 6.45) is 4.96. The Balaban J connectivity index is 1.84. The van der Waals surface area contributed by atoms with Gasteiger partial charge < -0.3 is 4.90 Å². The highest BCUT2D eigenvalue weighted by Gasteiger charge is 2.18. The van der Waals surface area contributed by atoms with Crippen molar-refractivity contribution in [2.24, 2.45) is 0 Å². The van der Waals surface area contributed by atoms with Crippen molar-refractivity contribution in [3.8, 4) is 0 Å². The molecular weight excluding hydrogens is 316 g/mol. The number of pyridine rings is 2. The molecule has 2 aromatic rings. The van der Waals surface area contributed by atoms with Gasteiger partial charge in [0.1, 0.15) is 5.52 Å². The lowest BCUT2D eigenvalue weighted by Gasteiger charge is -2.36. The van der Waals surface area contributed by atoms with Crippen molar-refractivity contribution in [1.82, 2.24) is 14.9 Å². The van der Waals surface area contributed by atoms with Gasteiger partial charge in [0.05, 0.1) is 11.2 Å². The van der Waals surface area contributed by atoms with Crippen molar-refractivity contribution >= 4 is 32.7 Å². The van der Waals surface area contributed by atoms with E-state index in [1.54, 1.807) is 0 Å². The summed E-state index contributed by atoms with van der Waals surface area (Å²) >= 11 is 3.46. The third kappa shape index (κ3) is 2.79. The second kappa shape index (κ2) is 6.06. The lowest BCUT2D eigenvalue weighted by atomic mass is 10.2. The van der Waals surface area contributed by atoms with Gasteiger partial charge in [-0.25, -0.2) is 0 Å². The lowest BCUT2D eigenvalue weighted by molar-refractivity contribution is 0.258. The summed E-state index contributed by atoms with van der Waals surface area (Å²) in [6, 6.07) is 4.11. The second-order valence-corrected chi connectivity index (χ2v) is 6.10. The minimum atomic E-state index is 0.952. The van der Waals surface area contributed by atoms with E-state index in [4.69, 9.17) is 0 Å².